The van der Waals surface area contributed by atoms with Crippen LogP contribution in [0.5, 0.6) is 0 Å². The summed E-state index contributed by atoms with van der Waals surface area (Å²) in [6, 6.07) is 0.297. The number of hydrogen-bond acceptors (Lipinski definition) is 3. The maximum atomic E-state index is 12.5. The Morgan fingerprint density at radius 1 is 1.21 bits per heavy atom. The standard InChI is InChI=1S/C14H25N3O2/c1-10(18)16-13-6-3-7-17(9-13)14(19)11-4-2-5-12(15)8-11/h11-13H,2-9,15H2,1H3,(H,16,18). The number of rotatable bonds is 2. The molecule has 3 atom stereocenters. The van der Waals surface area contributed by atoms with E-state index in [1.807, 2.05) is 4.90 Å². The number of nitrogens with zero attached hydrogens (tertiary/aromatic N) is 1. The Kier molecular flexibility index (Phi) is 4.80. The Hall–Kier alpha value is -1.10. The van der Waals surface area contributed by atoms with E-state index in [9.17, 15) is 9.59 Å². The summed E-state index contributed by atoms with van der Waals surface area (Å²) in [6.45, 7) is 3.01. The van der Waals surface area contributed by atoms with E-state index >= 15 is 0 Å². The first-order chi connectivity index (χ1) is 9.06. The molecule has 19 heavy (non-hydrogen) atoms. The van der Waals surface area contributed by atoms with Crippen molar-refractivity contribution in [2.24, 2.45) is 11.7 Å². The van der Waals surface area contributed by atoms with E-state index in [1.54, 1.807) is 0 Å². The van der Waals surface area contributed by atoms with Gasteiger partial charge in [0.25, 0.3) is 0 Å². The van der Waals surface area contributed by atoms with Crippen molar-refractivity contribution in [2.75, 3.05) is 13.1 Å². The fourth-order valence-corrected chi connectivity index (χ4v) is 3.29. The first kappa shape index (κ1) is 14.3. The van der Waals surface area contributed by atoms with Crippen LogP contribution in [-0.2, 0) is 9.59 Å². The maximum Gasteiger partial charge on any atom is 0.225 e. The third-order valence-corrected chi connectivity index (χ3v) is 4.20. The highest BCUT2D eigenvalue weighted by molar-refractivity contribution is 5.79. The Balaban J connectivity index is 1.89. The van der Waals surface area contributed by atoms with Gasteiger partial charge in [0, 0.05) is 38.0 Å². The van der Waals surface area contributed by atoms with Gasteiger partial charge in [0.05, 0.1) is 0 Å². The van der Waals surface area contributed by atoms with Crippen molar-refractivity contribution in [2.45, 2.75) is 57.5 Å². The summed E-state index contributed by atoms with van der Waals surface area (Å²) in [5.74, 6) is 0.323. The van der Waals surface area contributed by atoms with E-state index in [4.69, 9.17) is 5.73 Å². The number of piperidine rings is 1. The first-order valence-corrected chi connectivity index (χ1v) is 7.37. The van der Waals surface area contributed by atoms with Crippen molar-refractivity contribution in [3.05, 3.63) is 0 Å². The Bertz CT molecular complexity index is 346. The van der Waals surface area contributed by atoms with Gasteiger partial charge in [-0.25, -0.2) is 0 Å². The molecule has 0 aromatic carbocycles. The lowest BCUT2D eigenvalue weighted by molar-refractivity contribution is -0.138. The van der Waals surface area contributed by atoms with Crippen molar-refractivity contribution < 1.29 is 9.59 Å². The molecule has 5 heteroatoms. The summed E-state index contributed by atoms with van der Waals surface area (Å²) in [5, 5.41) is 2.92. The number of nitrogens with one attached hydrogen (secondary N) is 1. The summed E-state index contributed by atoms with van der Waals surface area (Å²) in [4.78, 5) is 25.5. The van der Waals surface area contributed by atoms with Crippen LogP contribution in [0.2, 0.25) is 0 Å². The predicted octanol–water partition coefficient (Wildman–Crippen LogP) is 0.631. The molecule has 1 aliphatic heterocycles. The van der Waals surface area contributed by atoms with Crippen LogP contribution in [0.25, 0.3) is 0 Å². The van der Waals surface area contributed by atoms with E-state index in [1.165, 1.54) is 6.92 Å². The van der Waals surface area contributed by atoms with E-state index in [0.29, 0.717) is 6.54 Å². The van der Waals surface area contributed by atoms with Gasteiger partial charge in [-0.2, -0.15) is 0 Å². The first-order valence-electron chi connectivity index (χ1n) is 7.37. The molecule has 2 fully saturated rings. The molecule has 2 amide bonds. The van der Waals surface area contributed by atoms with Gasteiger partial charge in [-0.05, 0) is 32.1 Å². The third-order valence-electron chi connectivity index (χ3n) is 4.20. The van der Waals surface area contributed by atoms with Crippen molar-refractivity contribution in [1.29, 1.82) is 0 Å². The second-order valence-corrected chi connectivity index (χ2v) is 5.95. The van der Waals surface area contributed by atoms with Crippen LogP contribution < -0.4 is 11.1 Å². The van der Waals surface area contributed by atoms with Crippen LogP contribution in [0, 0.1) is 5.92 Å². The largest absolute Gasteiger partial charge is 0.352 e. The summed E-state index contributed by atoms with van der Waals surface area (Å²) < 4.78 is 0. The number of likely N-dealkylation sites (tertiary alicyclic amines) is 1. The minimum absolute atomic E-state index is 0.0148. The van der Waals surface area contributed by atoms with Gasteiger partial charge < -0.3 is 16.0 Å². The molecular formula is C14H25N3O2. The van der Waals surface area contributed by atoms with Crippen LogP contribution in [0.4, 0.5) is 0 Å². The molecule has 3 unspecified atom stereocenters. The molecule has 0 bridgehead atoms. The van der Waals surface area contributed by atoms with Gasteiger partial charge in [0.1, 0.15) is 0 Å². The van der Waals surface area contributed by atoms with Gasteiger partial charge in [-0.3, -0.25) is 9.59 Å². The second kappa shape index (κ2) is 6.37. The zero-order valence-electron chi connectivity index (χ0n) is 11.7. The SMILES string of the molecule is CC(=O)NC1CCCN(C(=O)C2CCCC(N)C2)C1. The zero-order valence-corrected chi connectivity index (χ0v) is 11.7. The Morgan fingerprint density at radius 2 is 2.00 bits per heavy atom. The minimum atomic E-state index is -0.0148. The third kappa shape index (κ3) is 3.93. The quantitative estimate of drug-likeness (QED) is 0.770. The second-order valence-electron chi connectivity index (χ2n) is 5.95. The van der Waals surface area contributed by atoms with Gasteiger partial charge in [0.15, 0.2) is 0 Å². The van der Waals surface area contributed by atoms with E-state index in [-0.39, 0.29) is 29.8 Å². The van der Waals surface area contributed by atoms with Crippen molar-refractivity contribution >= 4 is 11.8 Å². The molecule has 108 valence electrons. The molecule has 2 aliphatic rings. The maximum absolute atomic E-state index is 12.5. The number of carbonyl (C=O) groups excluding carboxylic acids is 2. The predicted molar refractivity (Wildman–Crippen MR) is 73.4 cm³/mol. The lowest BCUT2D eigenvalue weighted by Gasteiger charge is -2.36. The van der Waals surface area contributed by atoms with Crippen LogP contribution >= 0.6 is 0 Å². The van der Waals surface area contributed by atoms with Crippen LogP contribution in [0.15, 0.2) is 0 Å². The minimum Gasteiger partial charge on any atom is -0.352 e. The van der Waals surface area contributed by atoms with Crippen LogP contribution in [-0.4, -0.2) is 41.9 Å². The average Bonchev–Trinajstić information content (AvgIpc) is 2.37. The molecule has 0 spiro atoms. The monoisotopic (exact) mass is 267 g/mol. The van der Waals surface area contributed by atoms with Gasteiger partial charge in [-0.1, -0.05) is 6.42 Å². The molecule has 3 N–H and O–H groups in total. The molecule has 0 aromatic heterocycles. The molecule has 1 saturated heterocycles. The fraction of sp³-hybridized carbons (Fsp3) is 0.857. The lowest BCUT2D eigenvalue weighted by Crippen LogP contribution is -2.51. The number of carbonyl (C=O) groups is 2. The average molecular weight is 267 g/mol. The highest BCUT2D eigenvalue weighted by atomic mass is 16.2. The molecule has 1 aliphatic carbocycles. The molecule has 1 heterocycles. The molecular weight excluding hydrogens is 242 g/mol. The lowest BCUT2D eigenvalue weighted by atomic mass is 9.85. The van der Waals surface area contributed by atoms with Gasteiger partial charge in [-0.15, -0.1) is 0 Å². The van der Waals surface area contributed by atoms with Crippen LogP contribution in [0.1, 0.15) is 45.4 Å². The summed E-state index contributed by atoms with van der Waals surface area (Å²) in [7, 11) is 0. The Labute approximate surface area is 114 Å². The zero-order chi connectivity index (χ0) is 13.8. The number of nitrogens with two attached hydrogens (primary N) is 1. The van der Waals surface area contributed by atoms with Crippen molar-refractivity contribution in [1.82, 2.24) is 10.2 Å². The molecule has 0 aromatic rings. The smallest absolute Gasteiger partial charge is 0.225 e. The molecule has 2 rings (SSSR count). The topological polar surface area (TPSA) is 75.4 Å². The number of hydrogen-bond donors (Lipinski definition) is 2. The van der Waals surface area contributed by atoms with Crippen molar-refractivity contribution in [3.63, 3.8) is 0 Å². The van der Waals surface area contributed by atoms with Gasteiger partial charge >= 0.3 is 0 Å². The summed E-state index contributed by atoms with van der Waals surface area (Å²) in [6.07, 6.45) is 5.82. The van der Waals surface area contributed by atoms with E-state index in [2.05, 4.69) is 5.32 Å². The molecule has 0 radical (unpaired) electrons. The normalized spacial score (nSPS) is 31.9. The Morgan fingerprint density at radius 3 is 2.68 bits per heavy atom. The van der Waals surface area contributed by atoms with E-state index in [0.717, 1.165) is 45.1 Å². The van der Waals surface area contributed by atoms with E-state index < -0.39 is 0 Å². The van der Waals surface area contributed by atoms with Crippen LogP contribution in [0.3, 0.4) is 0 Å². The highest BCUT2D eigenvalue weighted by Gasteiger charge is 2.31. The highest BCUT2D eigenvalue weighted by Crippen LogP contribution is 2.26. The molecule has 1 saturated carbocycles. The molecule has 5 nitrogen and oxygen atoms in total. The van der Waals surface area contributed by atoms with Gasteiger partial charge in [0.2, 0.25) is 11.8 Å². The van der Waals surface area contributed by atoms with Crippen molar-refractivity contribution in [3.8, 4) is 0 Å². The summed E-state index contributed by atoms with van der Waals surface area (Å²) in [5.41, 5.74) is 5.96. The fourth-order valence-electron chi connectivity index (χ4n) is 3.29. The number of amides is 2. The summed E-state index contributed by atoms with van der Waals surface area (Å²) >= 11 is 0.